The number of Topliss-reactive ketones (excluding diaryl/α,β-unsaturated/α-hetero) is 1. The molecule has 1 aliphatic heterocycles. The SMILES string of the molecule is C[C@H](OC(=O)C1=C(Nc2ccccc2)OCC1=O)C(=O)N(C)C. The number of likely N-dealkylation sites (N-methyl/N-ethyl adjacent to an activating group) is 1. The molecule has 1 heterocycles. The second kappa shape index (κ2) is 6.95. The summed E-state index contributed by atoms with van der Waals surface area (Å²) in [5.41, 5.74) is 0.451. The van der Waals surface area contributed by atoms with E-state index in [0.717, 1.165) is 0 Å². The van der Waals surface area contributed by atoms with Gasteiger partial charge in [0.2, 0.25) is 11.7 Å². The van der Waals surface area contributed by atoms with Crippen molar-refractivity contribution in [2.24, 2.45) is 0 Å². The van der Waals surface area contributed by atoms with Crippen LogP contribution in [0.4, 0.5) is 5.69 Å². The third kappa shape index (κ3) is 3.88. The summed E-state index contributed by atoms with van der Waals surface area (Å²) >= 11 is 0. The van der Waals surface area contributed by atoms with E-state index >= 15 is 0 Å². The molecule has 0 spiro atoms. The Kier molecular flexibility index (Phi) is 5.00. The average molecular weight is 318 g/mol. The Morgan fingerprint density at radius 2 is 1.91 bits per heavy atom. The fourth-order valence-corrected chi connectivity index (χ4v) is 2.00. The lowest BCUT2D eigenvalue weighted by molar-refractivity contribution is -0.155. The van der Waals surface area contributed by atoms with Gasteiger partial charge in [-0.25, -0.2) is 4.79 Å². The van der Waals surface area contributed by atoms with Gasteiger partial charge >= 0.3 is 5.97 Å². The number of amides is 1. The number of carbonyl (C=O) groups is 3. The van der Waals surface area contributed by atoms with E-state index in [1.165, 1.54) is 11.8 Å². The number of nitrogens with one attached hydrogen (secondary N) is 1. The number of benzene rings is 1. The molecule has 0 bridgehead atoms. The molecular weight excluding hydrogens is 300 g/mol. The third-order valence-corrected chi connectivity index (χ3v) is 3.16. The lowest BCUT2D eigenvalue weighted by Crippen LogP contribution is -2.35. The van der Waals surface area contributed by atoms with Crippen molar-refractivity contribution < 1.29 is 23.9 Å². The van der Waals surface area contributed by atoms with E-state index in [1.807, 2.05) is 6.07 Å². The zero-order valence-electron chi connectivity index (χ0n) is 13.2. The maximum absolute atomic E-state index is 12.2. The highest BCUT2D eigenvalue weighted by Crippen LogP contribution is 2.21. The van der Waals surface area contributed by atoms with Crippen molar-refractivity contribution in [2.75, 3.05) is 26.0 Å². The summed E-state index contributed by atoms with van der Waals surface area (Å²) in [6.07, 6.45) is -0.989. The van der Waals surface area contributed by atoms with E-state index in [1.54, 1.807) is 38.4 Å². The minimum Gasteiger partial charge on any atom is -0.470 e. The topological polar surface area (TPSA) is 84.9 Å². The number of esters is 1. The van der Waals surface area contributed by atoms with Crippen molar-refractivity contribution in [1.82, 2.24) is 4.90 Å². The van der Waals surface area contributed by atoms with Crippen LogP contribution in [0.15, 0.2) is 41.8 Å². The third-order valence-electron chi connectivity index (χ3n) is 3.16. The molecule has 0 aromatic heterocycles. The maximum Gasteiger partial charge on any atom is 0.348 e. The molecule has 1 atom stereocenters. The van der Waals surface area contributed by atoms with Crippen LogP contribution in [0.5, 0.6) is 0 Å². The summed E-state index contributed by atoms with van der Waals surface area (Å²) in [5.74, 6) is -1.70. The summed E-state index contributed by atoms with van der Waals surface area (Å²) in [7, 11) is 3.11. The minimum absolute atomic E-state index is 0.0377. The molecular formula is C16H18N2O5. The molecule has 23 heavy (non-hydrogen) atoms. The van der Waals surface area contributed by atoms with Gasteiger partial charge in [-0.15, -0.1) is 0 Å². The van der Waals surface area contributed by atoms with Gasteiger partial charge in [0, 0.05) is 19.8 Å². The van der Waals surface area contributed by atoms with Crippen molar-refractivity contribution in [1.29, 1.82) is 0 Å². The van der Waals surface area contributed by atoms with Crippen LogP contribution >= 0.6 is 0 Å². The van der Waals surface area contributed by atoms with E-state index in [-0.39, 0.29) is 24.0 Å². The first kappa shape index (κ1) is 16.5. The number of hydrogen-bond donors (Lipinski definition) is 1. The number of carbonyl (C=O) groups excluding carboxylic acids is 3. The molecule has 1 aliphatic rings. The molecule has 0 aliphatic carbocycles. The molecule has 0 saturated heterocycles. The Bertz CT molecular complexity index is 652. The molecule has 7 heteroatoms. The van der Waals surface area contributed by atoms with Gasteiger partial charge in [-0.1, -0.05) is 18.2 Å². The van der Waals surface area contributed by atoms with Crippen molar-refractivity contribution >= 4 is 23.3 Å². The first-order valence-corrected chi connectivity index (χ1v) is 7.04. The van der Waals surface area contributed by atoms with E-state index in [0.29, 0.717) is 5.69 Å². The number of hydrogen-bond acceptors (Lipinski definition) is 6. The maximum atomic E-state index is 12.2. The molecule has 0 fully saturated rings. The van der Waals surface area contributed by atoms with Crippen LogP contribution in [0.2, 0.25) is 0 Å². The molecule has 1 amide bonds. The van der Waals surface area contributed by atoms with Crippen molar-refractivity contribution in [3.63, 3.8) is 0 Å². The molecule has 1 N–H and O–H groups in total. The van der Waals surface area contributed by atoms with Gasteiger partial charge in [-0.3, -0.25) is 9.59 Å². The van der Waals surface area contributed by atoms with Gasteiger partial charge < -0.3 is 19.7 Å². The van der Waals surface area contributed by atoms with Crippen LogP contribution in [0, 0.1) is 0 Å². The molecule has 0 radical (unpaired) electrons. The molecule has 2 rings (SSSR count). The summed E-state index contributed by atoms with van der Waals surface area (Å²) in [6.45, 7) is 1.21. The first-order valence-electron chi connectivity index (χ1n) is 7.04. The highest BCUT2D eigenvalue weighted by atomic mass is 16.6. The number of ether oxygens (including phenoxy) is 2. The van der Waals surface area contributed by atoms with Crippen LogP contribution in [-0.2, 0) is 23.9 Å². The molecule has 122 valence electrons. The monoisotopic (exact) mass is 318 g/mol. The predicted octanol–water partition coefficient (Wildman–Crippen LogP) is 0.929. The van der Waals surface area contributed by atoms with Crippen molar-refractivity contribution in [3.8, 4) is 0 Å². The summed E-state index contributed by atoms with van der Waals surface area (Å²) in [6, 6.07) is 8.97. The Morgan fingerprint density at radius 3 is 2.52 bits per heavy atom. The lowest BCUT2D eigenvalue weighted by atomic mass is 10.2. The summed E-state index contributed by atoms with van der Waals surface area (Å²) in [4.78, 5) is 37.1. The van der Waals surface area contributed by atoms with E-state index in [2.05, 4.69) is 5.32 Å². The van der Waals surface area contributed by atoms with Crippen LogP contribution in [-0.4, -0.2) is 49.4 Å². The smallest absolute Gasteiger partial charge is 0.348 e. The van der Waals surface area contributed by atoms with E-state index < -0.39 is 17.9 Å². The lowest BCUT2D eigenvalue weighted by Gasteiger charge is -2.17. The Labute approximate surface area is 133 Å². The molecule has 0 unspecified atom stereocenters. The van der Waals surface area contributed by atoms with Gasteiger partial charge in [0.25, 0.3) is 5.91 Å². The Balaban J connectivity index is 2.16. The second-order valence-electron chi connectivity index (χ2n) is 5.19. The predicted molar refractivity (Wildman–Crippen MR) is 82.3 cm³/mol. The zero-order valence-corrected chi connectivity index (χ0v) is 13.2. The number of rotatable bonds is 5. The Hall–Kier alpha value is -2.83. The fourth-order valence-electron chi connectivity index (χ4n) is 2.00. The number of nitrogens with zero attached hydrogens (tertiary/aromatic N) is 1. The zero-order chi connectivity index (χ0) is 17.0. The van der Waals surface area contributed by atoms with Crippen LogP contribution < -0.4 is 5.32 Å². The van der Waals surface area contributed by atoms with Gasteiger partial charge in [0.05, 0.1) is 0 Å². The second-order valence-corrected chi connectivity index (χ2v) is 5.19. The van der Waals surface area contributed by atoms with Crippen LogP contribution in [0.1, 0.15) is 6.92 Å². The number of para-hydroxylation sites is 1. The molecule has 7 nitrogen and oxygen atoms in total. The van der Waals surface area contributed by atoms with Gasteiger partial charge in [-0.05, 0) is 19.1 Å². The van der Waals surface area contributed by atoms with Gasteiger partial charge in [-0.2, -0.15) is 0 Å². The fraction of sp³-hybridized carbons (Fsp3) is 0.312. The first-order chi connectivity index (χ1) is 10.9. The number of anilines is 1. The van der Waals surface area contributed by atoms with Crippen molar-refractivity contribution in [3.05, 3.63) is 41.8 Å². The van der Waals surface area contributed by atoms with Gasteiger partial charge in [0.1, 0.15) is 0 Å². The Morgan fingerprint density at radius 1 is 1.26 bits per heavy atom. The molecule has 1 aromatic rings. The highest BCUT2D eigenvalue weighted by Gasteiger charge is 2.34. The quantitative estimate of drug-likeness (QED) is 0.642. The summed E-state index contributed by atoms with van der Waals surface area (Å²) < 4.78 is 10.3. The molecule has 1 aromatic carbocycles. The van der Waals surface area contributed by atoms with Crippen molar-refractivity contribution in [2.45, 2.75) is 13.0 Å². The summed E-state index contributed by atoms with van der Waals surface area (Å²) in [5, 5.41) is 2.87. The number of ketones is 1. The largest absolute Gasteiger partial charge is 0.470 e. The van der Waals surface area contributed by atoms with E-state index in [4.69, 9.17) is 9.47 Å². The van der Waals surface area contributed by atoms with Gasteiger partial charge in [0.15, 0.2) is 18.3 Å². The van der Waals surface area contributed by atoms with Crippen LogP contribution in [0.3, 0.4) is 0 Å². The van der Waals surface area contributed by atoms with E-state index in [9.17, 15) is 14.4 Å². The highest BCUT2D eigenvalue weighted by molar-refractivity contribution is 6.20. The van der Waals surface area contributed by atoms with Crippen LogP contribution in [0.25, 0.3) is 0 Å². The molecule has 0 saturated carbocycles. The minimum atomic E-state index is -0.989. The standard InChI is InChI=1S/C16H18N2O5/c1-10(15(20)18(2)3)23-16(21)13-12(19)9-22-14(13)17-11-7-5-4-6-8-11/h4-8,10,17H,9H2,1-3H3/t10-/m0/s1. The average Bonchev–Trinajstić information content (AvgIpc) is 2.88. The normalized spacial score (nSPS) is 15.0.